The Bertz CT molecular complexity index is 740. The summed E-state index contributed by atoms with van der Waals surface area (Å²) in [4.78, 5) is 23.9. The molecule has 0 unspecified atom stereocenters. The summed E-state index contributed by atoms with van der Waals surface area (Å²) in [6.45, 7) is 6.92. The van der Waals surface area contributed by atoms with Gasteiger partial charge >= 0.3 is 6.03 Å². The number of nitrogens with one attached hydrogen (secondary N) is 3. The summed E-state index contributed by atoms with van der Waals surface area (Å²) in [7, 11) is 0. The summed E-state index contributed by atoms with van der Waals surface area (Å²) in [5.74, 6) is 0.619. The summed E-state index contributed by atoms with van der Waals surface area (Å²) < 4.78 is 5.51. The predicted octanol–water partition coefficient (Wildman–Crippen LogP) is 3.94. The lowest BCUT2D eigenvalue weighted by atomic mass is 10.1. The molecule has 0 aliphatic carbocycles. The molecule has 0 aliphatic heterocycles. The third-order valence-corrected chi connectivity index (χ3v) is 3.67. The summed E-state index contributed by atoms with van der Waals surface area (Å²) in [5, 5.41) is 8.41. The van der Waals surface area contributed by atoms with Crippen LogP contribution >= 0.6 is 0 Å². The fourth-order valence-electron chi connectivity index (χ4n) is 2.34. The third-order valence-electron chi connectivity index (χ3n) is 3.67. The van der Waals surface area contributed by atoms with Crippen LogP contribution in [-0.4, -0.2) is 24.6 Å². The van der Waals surface area contributed by atoms with E-state index in [1.165, 1.54) is 0 Å². The molecule has 0 radical (unpaired) electrons. The van der Waals surface area contributed by atoms with E-state index >= 15 is 0 Å². The number of urea groups is 1. The molecule has 2 aromatic carbocycles. The van der Waals surface area contributed by atoms with E-state index < -0.39 is 0 Å². The summed E-state index contributed by atoms with van der Waals surface area (Å²) in [6.07, 6.45) is 0.943. The van der Waals surface area contributed by atoms with Crippen molar-refractivity contribution in [1.29, 1.82) is 0 Å². The van der Waals surface area contributed by atoms with Crippen LogP contribution in [0.2, 0.25) is 0 Å². The number of benzene rings is 2. The number of carbonyl (C=O) groups excluding carboxylic acids is 2. The Morgan fingerprint density at radius 3 is 2.26 bits per heavy atom. The Morgan fingerprint density at radius 2 is 1.67 bits per heavy atom. The second-order valence-corrected chi connectivity index (χ2v) is 6.51. The molecule has 0 heterocycles. The Kier molecular flexibility index (Phi) is 7.67. The number of ether oxygens (including phenoxy) is 1. The lowest BCUT2D eigenvalue weighted by Crippen LogP contribution is -2.34. The number of carbonyl (C=O) groups is 2. The molecule has 0 atom stereocenters. The van der Waals surface area contributed by atoms with Crippen molar-refractivity contribution in [2.24, 2.45) is 0 Å². The molecular weight excluding hydrogens is 342 g/mol. The number of amides is 3. The Hall–Kier alpha value is -3.02. The minimum atomic E-state index is -0.239. The van der Waals surface area contributed by atoms with Crippen molar-refractivity contribution in [2.75, 3.05) is 11.9 Å². The fraction of sp³-hybridized carbons (Fsp3) is 0.333. The quantitative estimate of drug-likeness (QED) is 0.659. The first-order valence-electron chi connectivity index (χ1n) is 9.15. The number of anilines is 1. The van der Waals surface area contributed by atoms with E-state index in [1.807, 2.05) is 32.9 Å². The first-order chi connectivity index (χ1) is 13.0. The summed E-state index contributed by atoms with van der Waals surface area (Å²) >= 11 is 0. The van der Waals surface area contributed by atoms with Gasteiger partial charge in [-0.2, -0.15) is 0 Å². The van der Waals surface area contributed by atoms with E-state index in [-0.39, 0.29) is 18.0 Å². The van der Waals surface area contributed by atoms with Gasteiger partial charge in [0.15, 0.2) is 0 Å². The molecule has 0 aromatic heterocycles. The van der Waals surface area contributed by atoms with E-state index in [1.54, 1.807) is 36.4 Å². The second kappa shape index (κ2) is 10.2. The van der Waals surface area contributed by atoms with Crippen molar-refractivity contribution >= 4 is 17.6 Å². The standard InChI is InChI=1S/C21H27N3O3/c1-4-13-27-19-11-7-17(8-12-19)20(25)22-14-16-5-9-18(10-6-16)24-21(26)23-15(2)3/h5-12,15H,4,13-14H2,1-3H3,(H,22,25)(H2,23,24,26). The van der Waals surface area contributed by atoms with Crippen molar-refractivity contribution in [3.05, 3.63) is 59.7 Å². The SMILES string of the molecule is CCCOc1ccc(C(=O)NCc2ccc(NC(=O)NC(C)C)cc2)cc1. The maximum atomic E-state index is 12.2. The maximum absolute atomic E-state index is 12.2. The molecule has 2 aromatic rings. The maximum Gasteiger partial charge on any atom is 0.319 e. The average Bonchev–Trinajstić information content (AvgIpc) is 2.65. The van der Waals surface area contributed by atoms with Crippen LogP contribution in [0.1, 0.15) is 43.1 Å². The van der Waals surface area contributed by atoms with Crippen LogP contribution in [0.15, 0.2) is 48.5 Å². The van der Waals surface area contributed by atoms with E-state index in [2.05, 4.69) is 16.0 Å². The molecule has 0 saturated heterocycles. The van der Waals surface area contributed by atoms with Gasteiger partial charge in [0.25, 0.3) is 5.91 Å². The number of rotatable bonds is 8. The van der Waals surface area contributed by atoms with Crippen LogP contribution in [0.5, 0.6) is 5.75 Å². The van der Waals surface area contributed by atoms with Crippen molar-refractivity contribution < 1.29 is 14.3 Å². The molecule has 3 N–H and O–H groups in total. The minimum Gasteiger partial charge on any atom is -0.494 e. The van der Waals surface area contributed by atoms with Gasteiger partial charge in [-0.05, 0) is 62.2 Å². The minimum absolute atomic E-state index is 0.0757. The largest absolute Gasteiger partial charge is 0.494 e. The van der Waals surface area contributed by atoms with E-state index in [4.69, 9.17) is 4.74 Å². The third kappa shape index (κ3) is 7.01. The molecule has 27 heavy (non-hydrogen) atoms. The highest BCUT2D eigenvalue weighted by Crippen LogP contribution is 2.13. The normalized spacial score (nSPS) is 10.4. The molecule has 6 heteroatoms. The molecule has 2 rings (SSSR count). The highest BCUT2D eigenvalue weighted by atomic mass is 16.5. The zero-order valence-electron chi connectivity index (χ0n) is 16.0. The predicted molar refractivity (Wildman–Crippen MR) is 107 cm³/mol. The van der Waals surface area contributed by atoms with Crippen molar-refractivity contribution in [3.8, 4) is 5.75 Å². The monoisotopic (exact) mass is 369 g/mol. The zero-order chi connectivity index (χ0) is 19.6. The first kappa shape index (κ1) is 20.3. The lowest BCUT2D eigenvalue weighted by molar-refractivity contribution is 0.0951. The molecule has 0 saturated carbocycles. The van der Waals surface area contributed by atoms with Crippen LogP contribution in [0.25, 0.3) is 0 Å². The van der Waals surface area contributed by atoms with Gasteiger partial charge in [-0.1, -0.05) is 19.1 Å². The van der Waals surface area contributed by atoms with E-state index in [0.29, 0.717) is 24.4 Å². The topological polar surface area (TPSA) is 79.5 Å². The Morgan fingerprint density at radius 1 is 1.00 bits per heavy atom. The highest BCUT2D eigenvalue weighted by molar-refractivity contribution is 5.94. The molecule has 0 spiro atoms. The van der Waals surface area contributed by atoms with Gasteiger partial charge in [-0.15, -0.1) is 0 Å². The summed E-state index contributed by atoms with van der Waals surface area (Å²) in [6, 6.07) is 14.3. The van der Waals surface area contributed by atoms with Crippen LogP contribution in [0, 0.1) is 0 Å². The molecular formula is C21H27N3O3. The van der Waals surface area contributed by atoms with Crippen LogP contribution in [0.4, 0.5) is 10.5 Å². The first-order valence-corrected chi connectivity index (χ1v) is 9.15. The zero-order valence-corrected chi connectivity index (χ0v) is 16.0. The molecule has 0 bridgehead atoms. The van der Waals surface area contributed by atoms with Crippen LogP contribution in [-0.2, 0) is 6.54 Å². The van der Waals surface area contributed by atoms with Gasteiger partial charge in [-0.25, -0.2) is 4.79 Å². The van der Waals surface area contributed by atoms with E-state index in [0.717, 1.165) is 17.7 Å². The summed E-state index contributed by atoms with van der Waals surface area (Å²) in [5.41, 5.74) is 2.23. The van der Waals surface area contributed by atoms with Gasteiger partial charge in [0.05, 0.1) is 6.61 Å². The average molecular weight is 369 g/mol. The van der Waals surface area contributed by atoms with Crippen molar-refractivity contribution in [3.63, 3.8) is 0 Å². The van der Waals surface area contributed by atoms with Gasteiger partial charge in [0.1, 0.15) is 5.75 Å². The fourth-order valence-corrected chi connectivity index (χ4v) is 2.34. The molecule has 0 fully saturated rings. The smallest absolute Gasteiger partial charge is 0.319 e. The van der Waals surface area contributed by atoms with Gasteiger partial charge in [0, 0.05) is 23.8 Å². The van der Waals surface area contributed by atoms with Crippen LogP contribution in [0.3, 0.4) is 0 Å². The number of hydrogen-bond donors (Lipinski definition) is 3. The Labute approximate surface area is 160 Å². The van der Waals surface area contributed by atoms with Gasteiger partial charge in [0.2, 0.25) is 0 Å². The molecule has 6 nitrogen and oxygen atoms in total. The number of hydrogen-bond acceptors (Lipinski definition) is 3. The van der Waals surface area contributed by atoms with E-state index in [9.17, 15) is 9.59 Å². The second-order valence-electron chi connectivity index (χ2n) is 6.51. The highest BCUT2D eigenvalue weighted by Gasteiger charge is 2.06. The molecule has 0 aliphatic rings. The van der Waals surface area contributed by atoms with Gasteiger partial charge in [-0.3, -0.25) is 4.79 Å². The van der Waals surface area contributed by atoms with Crippen LogP contribution < -0.4 is 20.7 Å². The molecule has 3 amide bonds. The van der Waals surface area contributed by atoms with Crippen molar-refractivity contribution in [1.82, 2.24) is 10.6 Å². The van der Waals surface area contributed by atoms with Gasteiger partial charge < -0.3 is 20.7 Å². The lowest BCUT2D eigenvalue weighted by Gasteiger charge is -2.11. The molecule has 144 valence electrons. The van der Waals surface area contributed by atoms with Crippen molar-refractivity contribution in [2.45, 2.75) is 39.8 Å². The Balaban J connectivity index is 1.83.